The van der Waals surface area contributed by atoms with Gasteiger partial charge in [-0.15, -0.1) is 13.2 Å². The Bertz CT molecular complexity index is 335. The third kappa shape index (κ3) is 4.47. The zero-order valence-corrected chi connectivity index (χ0v) is 11.3. The van der Waals surface area contributed by atoms with Gasteiger partial charge in [-0.05, 0) is 12.1 Å². The molecule has 0 saturated carbocycles. The SMILES string of the molecule is C=CCN(CC=C)C(CNCC)c1ccccc1. The second-order valence-corrected chi connectivity index (χ2v) is 4.27. The summed E-state index contributed by atoms with van der Waals surface area (Å²) < 4.78 is 0. The van der Waals surface area contributed by atoms with Crippen molar-refractivity contribution in [1.82, 2.24) is 10.2 Å². The molecule has 0 amide bonds. The van der Waals surface area contributed by atoms with E-state index in [9.17, 15) is 0 Å². The zero-order valence-electron chi connectivity index (χ0n) is 11.3. The lowest BCUT2D eigenvalue weighted by Gasteiger charge is -2.30. The van der Waals surface area contributed by atoms with Gasteiger partial charge in [0, 0.05) is 25.7 Å². The van der Waals surface area contributed by atoms with E-state index >= 15 is 0 Å². The second-order valence-electron chi connectivity index (χ2n) is 4.27. The van der Waals surface area contributed by atoms with E-state index in [0.717, 1.165) is 26.2 Å². The van der Waals surface area contributed by atoms with Crippen LogP contribution in [0.2, 0.25) is 0 Å². The quantitative estimate of drug-likeness (QED) is 0.672. The molecule has 0 aliphatic heterocycles. The minimum atomic E-state index is 0.363. The van der Waals surface area contributed by atoms with Crippen LogP contribution in [0, 0.1) is 0 Å². The molecule has 1 aromatic carbocycles. The molecule has 1 unspecified atom stereocenters. The maximum absolute atomic E-state index is 3.84. The minimum Gasteiger partial charge on any atom is -0.315 e. The number of rotatable bonds is 9. The van der Waals surface area contributed by atoms with Crippen LogP contribution in [0.25, 0.3) is 0 Å². The smallest absolute Gasteiger partial charge is 0.0479 e. The van der Waals surface area contributed by atoms with Gasteiger partial charge >= 0.3 is 0 Å². The van der Waals surface area contributed by atoms with Gasteiger partial charge in [-0.3, -0.25) is 4.90 Å². The fourth-order valence-corrected chi connectivity index (χ4v) is 2.07. The molecule has 18 heavy (non-hydrogen) atoms. The van der Waals surface area contributed by atoms with Crippen molar-refractivity contribution in [2.75, 3.05) is 26.2 Å². The standard InChI is InChI=1S/C16H24N2/c1-4-12-18(13-5-2)16(14-17-6-3)15-10-8-7-9-11-15/h4-5,7-11,16-17H,1-2,6,12-14H2,3H3. The Morgan fingerprint density at radius 1 is 1.17 bits per heavy atom. The van der Waals surface area contributed by atoms with Crippen molar-refractivity contribution in [2.45, 2.75) is 13.0 Å². The highest BCUT2D eigenvalue weighted by Gasteiger charge is 2.17. The van der Waals surface area contributed by atoms with Gasteiger partial charge in [0.05, 0.1) is 0 Å². The van der Waals surface area contributed by atoms with E-state index in [4.69, 9.17) is 0 Å². The first kappa shape index (κ1) is 14.7. The molecule has 1 atom stereocenters. The molecule has 98 valence electrons. The van der Waals surface area contributed by atoms with Gasteiger partial charge < -0.3 is 5.32 Å². The highest BCUT2D eigenvalue weighted by Crippen LogP contribution is 2.19. The fraction of sp³-hybridized carbons (Fsp3) is 0.375. The van der Waals surface area contributed by atoms with Crippen LogP contribution < -0.4 is 5.32 Å². The van der Waals surface area contributed by atoms with E-state index in [2.05, 4.69) is 60.6 Å². The summed E-state index contributed by atoms with van der Waals surface area (Å²) in [6.07, 6.45) is 3.90. The van der Waals surface area contributed by atoms with E-state index in [0.29, 0.717) is 6.04 Å². The second kappa shape index (κ2) is 8.67. The first-order chi connectivity index (χ1) is 8.83. The van der Waals surface area contributed by atoms with Crippen molar-refractivity contribution >= 4 is 0 Å². The van der Waals surface area contributed by atoms with E-state index in [-0.39, 0.29) is 0 Å². The minimum absolute atomic E-state index is 0.363. The van der Waals surface area contributed by atoms with Crippen LogP contribution in [0.3, 0.4) is 0 Å². The summed E-state index contributed by atoms with van der Waals surface area (Å²) in [7, 11) is 0. The van der Waals surface area contributed by atoms with E-state index in [1.54, 1.807) is 0 Å². The Morgan fingerprint density at radius 2 is 1.78 bits per heavy atom. The summed E-state index contributed by atoms with van der Waals surface area (Å²) in [6.45, 7) is 13.5. The molecule has 0 aromatic heterocycles. The average Bonchev–Trinajstić information content (AvgIpc) is 2.41. The Morgan fingerprint density at radius 3 is 2.28 bits per heavy atom. The number of hydrogen-bond acceptors (Lipinski definition) is 2. The van der Waals surface area contributed by atoms with Gasteiger partial charge in [-0.25, -0.2) is 0 Å². The topological polar surface area (TPSA) is 15.3 Å². The van der Waals surface area contributed by atoms with Crippen molar-refractivity contribution in [3.63, 3.8) is 0 Å². The molecule has 0 fully saturated rings. The molecule has 1 rings (SSSR count). The molecule has 1 N–H and O–H groups in total. The molecule has 1 aromatic rings. The maximum Gasteiger partial charge on any atom is 0.0479 e. The summed E-state index contributed by atoms with van der Waals surface area (Å²) in [6, 6.07) is 11.0. The lowest BCUT2D eigenvalue weighted by atomic mass is 10.0. The molecule has 0 heterocycles. The predicted octanol–water partition coefficient (Wildman–Crippen LogP) is 3.01. The van der Waals surface area contributed by atoms with Crippen molar-refractivity contribution in [3.8, 4) is 0 Å². The molecule has 2 nitrogen and oxygen atoms in total. The first-order valence-electron chi connectivity index (χ1n) is 6.55. The Hall–Kier alpha value is -1.38. The van der Waals surface area contributed by atoms with Gasteiger partial charge in [0.15, 0.2) is 0 Å². The predicted molar refractivity (Wildman–Crippen MR) is 79.7 cm³/mol. The molecular formula is C16H24N2. The molecule has 0 aliphatic rings. The maximum atomic E-state index is 3.84. The van der Waals surface area contributed by atoms with Crippen LogP contribution in [0.5, 0.6) is 0 Å². The number of nitrogens with zero attached hydrogens (tertiary/aromatic N) is 1. The largest absolute Gasteiger partial charge is 0.315 e. The highest BCUT2D eigenvalue weighted by molar-refractivity contribution is 5.20. The van der Waals surface area contributed by atoms with Crippen molar-refractivity contribution < 1.29 is 0 Å². The average molecular weight is 244 g/mol. The van der Waals surface area contributed by atoms with Crippen LogP contribution >= 0.6 is 0 Å². The summed E-state index contributed by atoms with van der Waals surface area (Å²) in [5, 5.41) is 3.43. The third-order valence-electron chi connectivity index (χ3n) is 2.94. The molecular weight excluding hydrogens is 220 g/mol. The lowest BCUT2D eigenvalue weighted by Crippen LogP contribution is -2.36. The molecule has 0 bridgehead atoms. The van der Waals surface area contributed by atoms with Crippen molar-refractivity contribution in [2.24, 2.45) is 0 Å². The molecule has 0 aliphatic carbocycles. The summed E-state index contributed by atoms with van der Waals surface area (Å²) in [5.74, 6) is 0. The van der Waals surface area contributed by atoms with Gasteiger partial charge in [0.1, 0.15) is 0 Å². The Balaban J connectivity index is 2.87. The normalized spacial score (nSPS) is 12.3. The Kier molecular flexibility index (Phi) is 7.07. The van der Waals surface area contributed by atoms with Crippen molar-refractivity contribution in [3.05, 3.63) is 61.2 Å². The first-order valence-corrected chi connectivity index (χ1v) is 6.55. The van der Waals surface area contributed by atoms with Gasteiger partial charge in [-0.1, -0.05) is 49.4 Å². The van der Waals surface area contributed by atoms with Crippen LogP contribution in [-0.4, -0.2) is 31.1 Å². The highest BCUT2D eigenvalue weighted by atomic mass is 15.2. The van der Waals surface area contributed by atoms with Crippen LogP contribution in [-0.2, 0) is 0 Å². The summed E-state index contributed by atoms with van der Waals surface area (Å²) >= 11 is 0. The number of benzene rings is 1. The fourth-order valence-electron chi connectivity index (χ4n) is 2.07. The van der Waals surface area contributed by atoms with Crippen LogP contribution in [0.1, 0.15) is 18.5 Å². The van der Waals surface area contributed by atoms with E-state index in [1.807, 2.05) is 12.2 Å². The molecule has 0 spiro atoms. The third-order valence-corrected chi connectivity index (χ3v) is 2.94. The Labute approximate surface area is 111 Å². The number of nitrogens with one attached hydrogen (secondary N) is 1. The molecule has 0 saturated heterocycles. The van der Waals surface area contributed by atoms with Gasteiger partial charge in [0.2, 0.25) is 0 Å². The molecule has 0 radical (unpaired) electrons. The molecule has 2 heteroatoms. The lowest BCUT2D eigenvalue weighted by molar-refractivity contribution is 0.237. The van der Waals surface area contributed by atoms with Crippen molar-refractivity contribution in [1.29, 1.82) is 0 Å². The van der Waals surface area contributed by atoms with Crippen LogP contribution in [0.15, 0.2) is 55.6 Å². The number of hydrogen-bond donors (Lipinski definition) is 1. The summed E-state index contributed by atoms with van der Waals surface area (Å²) in [5.41, 5.74) is 1.34. The summed E-state index contributed by atoms with van der Waals surface area (Å²) in [4.78, 5) is 2.37. The van der Waals surface area contributed by atoms with Gasteiger partial charge in [-0.2, -0.15) is 0 Å². The van der Waals surface area contributed by atoms with Crippen LogP contribution in [0.4, 0.5) is 0 Å². The van der Waals surface area contributed by atoms with E-state index in [1.165, 1.54) is 5.56 Å². The monoisotopic (exact) mass is 244 g/mol. The van der Waals surface area contributed by atoms with Gasteiger partial charge in [0.25, 0.3) is 0 Å². The number of likely N-dealkylation sites (N-methyl/N-ethyl adjacent to an activating group) is 1. The van der Waals surface area contributed by atoms with E-state index < -0.39 is 0 Å². The zero-order chi connectivity index (χ0) is 13.2.